The summed E-state index contributed by atoms with van der Waals surface area (Å²) >= 11 is 0. The molecule has 2 amide bonds. The standard InChI is InChI=1S/C14H19FN2O2/c1-9(14(16)19)7-8-13(18)17-10(2)11-5-3-4-6-12(11)15/h3-6,9-10H,7-8H2,1-2H3,(H2,16,19)(H,17,18)/t9-,10-/m0/s1. The first-order chi connectivity index (χ1) is 8.91. The van der Waals surface area contributed by atoms with Crippen molar-refractivity contribution in [3.8, 4) is 0 Å². The molecule has 0 bridgehead atoms. The van der Waals surface area contributed by atoms with Gasteiger partial charge in [-0.1, -0.05) is 25.1 Å². The average Bonchev–Trinajstić information content (AvgIpc) is 2.36. The third-order valence-electron chi connectivity index (χ3n) is 3.04. The van der Waals surface area contributed by atoms with Crippen LogP contribution in [0.4, 0.5) is 4.39 Å². The first-order valence-electron chi connectivity index (χ1n) is 6.25. The molecule has 3 N–H and O–H groups in total. The van der Waals surface area contributed by atoms with E-state index in [0.29, 0.717) is 12.0 Å². The lowest BCUT2D eigenvalue weighted by Crippen LogP contribution is -2.28. The van der Waals surface area contributed by atoms with Gasteiger partial charge in [0.2, 0.25) is 11.8 Å². The number of benzene rings is 1. The number of hydrogen-bond acceptors (Lipinski definition) is 2. The quantitative estimate of drug-likeness (QED) is 0.825. The molecule has 1 aromatic carbocycles. The zero-order valence-electron chi connectivity index (χ0n) is 11.2. The van der Waals surface area contributed by atoms with Gasteiger partial charge in [0.15, 0.2) is 0 Å². The van der Waals surface area contributed by atoms with Crippen molar-refractivity contribution < 1.29 is 14.0 Å². The zero-order valence-corrected chi connectivity index (χ0v) is 11.2. The lowest BCUT2D eigenvalue weighted by atomic mass is 10.0. The normalized spacial score (nSPS) is 13.6. The van der Waals surface area contributed by atoms with Gasteiger partial charge < -0.3 is 11.1 Å². The first-order valence-corrected chi connectivity index (χ1v) is 6.25. The van der Waals surface area contributed by atoms with Gasteiger partial charge in [0.1, 0.15) is 5.82 Å². The van der Waals surface area contributed by atoms with E-state index in [1.807, 2.05) is 0 Å². The molecule has 0 aromatic heterocycles. The van der Waals surface area contributed by atoms with Crippen LogP contribution in [0.2, 0.25) is 0 Å². The maximum Gasteiger partial charge on any atom is 0.220 e. The molecule has 0 unspecified atom stereocenters. The van der Waals surface area contributed by atoms with E-state index in [1.54, 1.807) is 32.0 Å². The van der Waals surface area contributed by atoms with Crippen LogP contribution in [0.15, 0.2) is 24.3 Å². The highest BCUT2D eigenvalue weighted by Gasteiger charge is 2.15. The second kappa shape index (κ2) is 6.87. The molecule has 19 heavy (non-hydrogen) atoms. The largest absolute Gasteiger partial charge is 0.369 e. The lowest BCUT2D eigenvalue weighted by Gasteiger charge is -2.15. The Morgan fingerprint density at radius 1 is 1.32 bits per heavy atom. The molecular formula is C14H19FN2O2. The molecule has 2 atom stereocenters. The highest BCUT2D eigenvalue weighted by molar-refractivity contribution is 5.79. The van der Waals surface area contributed by atoms with Gasteiger partial charge in [-0.3, -0.25) is 9.59 Å². The van der Waals surface area contributed by atoms with Crippen molar-refractivity contribution in [2.45, 2.75) is 32.7 Å². The molecule has 0 saturated carbocycles. The summed E-state index contributed by atoms with van der Waals surface area (Å²) in [5.74, 6) is -1.32. The number of primary amides is 1. The van der Waals surface area contributed by atoms with Crippen molar-refractivity contribution in [3.05, 3.63) is 35.6 Å². The maximum atomic E-state index is 13.5. The summed E-state index contributed by atoms with van der Waals surface area (Å²) in [6.45, 7) is 3.39. The predicted octanol–water partition coefficient (Wildman–Crippen LogP) is 1.90. The summed E-state index contributed by atoms with van der Waals surface area (Å²) in [7, 11) is 0. The third-order valence-corrected chi connectivity index (χ3v) is 3.04. The van der Waals surface area contributed by atoms with E-state index in [-0.39, 0.29) is 24.1 Å². The molecule has 0 saturated heterocycles. The van der Waals surface area contributed by atoms with Gasteiger partial charge in [-0.2, -0.15) is 0 Å². The van der Waals surface area contributed by atoms with E-state index in [1.165, 1.54) is 6.07 Å². The van der Waals surface area contributed by atoms with Crippen LogP contribution in [0.5, 0.6) is 0 Å². The molecule has 104 valence electrons. The van der Waals surface area contributed by atoms with Gasteiger partial charge in [0.05, 0.1) is 6.04 Å². The smallest absolute Gasteiger partial charge is 0.220 e. The highest BCUT2D eigenvalue weighted by atomic mass is 19.1. The Kier molecular flexibility index (Phi) is 5.48. The Labute approximate surface area is 112 Å². The minimum atomic E-state index is -0.421. The van der Waals surface area contributed by atoms with Gasteiger partial charge in [-0.15, -0.1) is 0 Å². The fourth-order valence-electron chi connectivity index (χ4n) is 1.71. The van der Waals surface area contributed by atoms with Crippen LogP contribution in [-0.4, -0.2) is 11.8 Å². The minimum Gasteiger partial charge on any atom is -0.369 e. The van der Waals surface area contributed by atoms with E-state index >= 15 is 0 Å². The molecule has 5 heteroatoms. The molecule has 0 aliphatic carbocycles. The monoisotopic (exact) mass is 266 g/mol. The summed E-state index contributed by atoms with van der Waals surface area (Å²) in [4.78, 5) is 22.5. The summed E-state index contributed by atoms with van der Waals surface area (Å²) < 4.78 is 13.5. The van der Waals surface area contributed by atoms with Gasteiger partial charge in [-0.05, 0) is 19.4 Å². The molecule has 0 radical (unpaired) electrons. The van der Waals surface area contributed by atoms with Crippen LogP contribution in [0.3, 0.4) is 0 Å². The van der Waals surface area contributed by atoms with Gasteiger partial charge in [0.25, 0.3) is 0 Å². The fraction of sp³-hybridized carbons (Fsp3) is 0.429. The van der Waals surface area contributed by atoms with Crippen molar-refractivity contribution in [1.29, 1.82) is 0 Å². The molecule has 4 nitrogen and oxygen atoms in total. The number of carbonyl (C=O) groups is 2. The Morgan fingerprint density at radius 2 is 1.95 bits per heavy atom. The Hall–Kier alpha value is -1.91. The predicted molar refractivity (Wildman–Crippen MR) is 70.6 cm³/mol. The summed E-state index contributed by atoms with van der Waals surface area (Å²) in [6, 6.07) is 5.90. The highest BCUT2D eigenvalue weighted by Crippen LogP contribution is 2.16. The van der Waals surface area contributed by atoms with Crippen LogP contribution in [-0.2, 0) is 9.59 Å². The van der Waals surface area contributed by atoms with E-state index in [2.05, 4.69) is 5.32 Å². The van der Waals surface area contributed by atoms with Crippen molar-refractivity contribution >= 4 is 11.8 Å². The third kappa shape index (κ3) is 4.69. The molecule has 0 fully saturated rings. The van der Waals surface area contributed by atoms with Crippen LogP contribution < -0.4 is 11.1 Å². The second-order valence-corrected chi connectivity index (χ2v) is 4.65. The second-order valence-electron chi connectivity index (χ2n) is 4.65. The average molecular weight is 266 g/mol. The number of carbonyl (C=O) groups excluding carboxylic acids is 2. The SMILES string of the molecule is C[C@H](NC(=O)CC[C@H](C)C(N)=O)c1ccccc1F. The maximum absolute atomic E-state index is 13.5. The summed E-state index contributed by atoms with van der Waals surface area (Å²) in [5.41, 5.74) is 5.56. The zero-order chi connectivity index (χ0) is 14.4. The van der Waals surface area contributed by atoms with Crippen molar-refractivity contribution in [1.82, 2.24) is 5.32 Å². The van der Waals surface area contributed by atoms with Crippen molar-refractivity contribution in [3.63, 3.8) is 0 Å². The number of hydrogen-bond donors (Lipinski definition) is 2. The molecule has 1 aromatic rings. The molecule has 0 spiro atoms. The van der Waals surface area contributed by atoms with Gasteiger partial charge >= 0.3 is 0 Å². The van der Waals surface area contributed by atoms with E-state index in [4.69, 9.17) is 5.73 Å². The van der Waals surface area contributed by atoms with Crippen molar-refractivity contribution in [2.24, 2.45) is 11.7 Å². The number of amides is 2. The Morgan fingerprint density at radius 3 is 2.53 bits per heavy atom. The lowest BCUT2D eigenvalue weighted by molar-refractivity contribution is -0.123. The van der Waals surface area contributed by atoms with Crippen LogP contribution in [0, 0.1) is 11.7 Å². The number of rotatable bonds is 6. The van der Waals surface area contributed by atoms with Crippen molar-refractivity contribution in [2.75, 3.05) is 0 Å². The van der Waals surface area contributed by atoms with E-state index in [9.17, 15) is 14.0 Å². The first kappa shape index (κ1) is 15.1. The van der Waals surface area contributed by atoms with Crippen LogP contribution in [0.25, 0.3) is 0 Å². The molecular weight excluding hydrogens is 247 g/mol. The Bertz CT molecular complexity index is 463. The van der Waals surface area contributed by atoms with Gasteiger partial charge in [0, 0.05) is 17.9 Å². The van der Waals surface area contributed by atoms with Crippen LogP contribution in [0.1, 0.15) is 38.3 Å². The number of halogens is 1. The Balaban J connectivity index is 2.49. The number of nitrogens with one attached hydrogen (secondary N) is 1. The number of nitrogens with two attached hydrogens (primary N) is 1. The minimum absolute atomic E-state index is 0.197. The summed E-state index contributed by atoms with van der Waals surface area (Å²) in [6.07, 6.45) is 0.591. The molecule has 0 aliphatic rings. The molecule has 1 rings (SSSR count). The molecule has 0 aliphatic heterocycles. The van der Waals surface area contributed by atoms with E-state index < -0.39 is 11.9 Å². The van der Waals surface area contributed by atoms with Crippen LogP contribution >= 0.6 is 0 Å². The topological polar surface area (TPSA) is 72.2 Å². The molecule has 0 heterocycles. The summed E-state index contributed by atoms with van der Waals surface area (Å²) in [5, 5.41) is 2.70. The van der Waals surface area contributed by atoms with Gasteiger partial charge in [-0.25, -0.2) is 4.39 Å². The fourth-order valence-corrected chi connectivity index (χ4v) is 1.71. The van der Waals surface area contributed by atoms with E-state index in [0.717, 1.165) is 0 Å².